The van der Waals surface area contributed by atoms with Crippen molar-refractivity contribution in [2.75, 3.05) is 0 Å². The summed E-state index contributed by atoms with van der Waals surface area (Å²) in [6.45, 7) is 0. The number of aliphatic hydroxyl groups is 1. The molecule has 1 amide bonds. The van der Waals surface area contributed by atoms with Gasteiger partial charge in [-0.05, 0) is 48.9 Å². The fraction of sp³-hybridized carbons (Fsp3) is 0.412. The van der Waals surface area contributed by atoms with Gasteiger partial charge in [-0.1, -0.05) is 0 Å². The van der Waals surface area contributed by atoms with E-state index in [2.05, 4.69) is 20.5 Å². The lowest BCUT2D eigenvalue weighted by molar-refractivity contribution is -0.145. The first-order chi connectivity index (χ1) is 12.1. The van der Waals surface area contributed by atoms with Crippen LogP contribution >= 0.6 is 0 Å². The van der Waals surface area contributed by atoms with E-state index in [0.717, 1.165) is 36.9 Å². The van der Waals surface area contributed by atoms with Crippen molar-refractivity contribution in [3.63, 3.8) is 0 Å². The number of rotatable bonds is 6. The molecule has 4 N–H and O–H groups in total. The summed E-state index contributed by atoms with van der Waals surface area (Å²) >= 11 is 0. The van der Waals surface area contributed by atoms with Crippen LogP contribution in [0.3, 0.4) is 0 Å². The van der Waals surface area contributed by atoms with E-state index in [1.54, 1.807) is 0 Å². The average molecular weight is 344 g/mol. The third-order valence-corrected chi connectivity index (χ3v) is 4.42. The van der Waals surface area contributed by atoms with Crippen molar-refractivity contribution in [3.8, 4) is 0 Å². The van der Waals surface area contributed by atoms with E-state index in [1.807, 2.05) is 0 Å². The highest BCUT2D eigenvalue weighted by molar-refractivity contribution is 5.85. The van der Waals surface area contributed by atoms with Gasteiger partial charge in [0.1, 0.15) is 6.10 Å². The molecule has 0 aliphatic heterocycles. The SMILES string of the molecule is O=C(Cc1n[nH]c2c1CCCC2)NC(C(=O)O)C(O)c1ccncc1. The Labute approximate surface area is 144 Å². The van der Waals surface area contributed by atoms with E-state index in [9.17, 15) is 19.8 Å². The number of aliphatic carboxylic acids is 1. The minimum absolute atomic E-state index is 0.0152. The van der Waals surface area contributed by atoms with Crippen molar-refractivity contribution < 1.29 is 19.8 Å². The molecule has 0 fully saturated rings. The lowest BCUT2D eigenvalue weighted by Crippen LogP contribution is -2.45. The second-order valence-electron chi connectivity index (χ2n) is 6.12. The maximum atomic E-state index is 12.3. The summed E-state index contributed by atoms with van der Waals surface area (Å²) in [7, 11) is 0. The van der Waals surface area contributed by atoms with Crippen LogP contribution < -0.4 is 5.32 Å². The van der Waals surface area contributed by atoms with Crippen LogP contribution in [0.2, 0.25) is 0 Å². The molecular formula is C17H20N4O4. The third kappa shape index (κ3) is 3.85. The predicted octanol–water partition coefficient (Wildman–Crippen LogP) is 0.529. The number of carboxylic acids is 1. The lowest BCUT2D eigenvalue weighted by Gasteiger charge is -2.20. The molecule has 132 valence electrons. The molecule has 1 aliphatic carbocycles. The maximum absolute atomic E-state index is 12.3. The van der Waals surface area contributed by atoms with Crippen molar-refractivity contribution >= 4 is 11.9 Å². The molecule has 2 aromatic heterocycles. The molecule has 2 aromatic rings. The number of nitrogens with zero attached hydrogens (tertiary/aromatic N) is 2. The van der Waals surface area contributed by atoms with E-state index >= 15 is 0 Å². The molecule has 0 saturated carbocycles. The molecule has 1 aliphatic rings. The van der Waals surface area contributed by atoms with Gasteiger partial charge in [0.15, 0.2) is 6.04 Å². The summed E-state index contributed by atoms with van der Waals surface area (Å²) in [5, 5.41) is 29.2. The second kappa shape index (κ2) is 7.43. The van der Waals surface area contributed by atoms with Gasteiger partial charge in [-0.3, -0.25) is 14.9 Å². The number of carbonyl (C=O) groups excluding carboxylic acids is 1. The number of hydrogen-bond acceptors (Lipinski definition) is 5. The number of aliphatic hydroxyl groups excluding tert-OH is 1. The zero-order valence-electron chi connectivity index (χ0n) is 13.6. The van der Waals surface area contributed by atoms with Gasteiger partial charge in [-0.25, -0.2) is 4.79 Å². The number of hydrogen-bond donors (Lipinski definition) is 4. The number of amides is 1. The van der Waals surface area contributed by atoms with Crippen LogP contribution in [0, 0.1) is 0 Å². The molecule has 0 bridgehead atoms. The number of pyridine rings is 1. The molecule has 0 spiro atoms. The Balaban J connectivity index is 1.69. The molecular weight excluding hydrogens is 324 g/mol. The topological polar surface area (TPSA) is 128 Å². The Hall–Kier alpha value is -2.74. The largest absolute Gasteiger partial charge is 0.480 e. The first kappa shape index (κ1) is 17.1. The summed E-state index contributed by atoms with van der Waals surface area (Å²) in [5.41, 5.74) is 3.14. The Bertz CT molecular complexity index is 759. The van der Waals surface area contributed by atoms with Crippen LogP contribution in [0.5, 0.6) is 0 Å². The highest BCUT2D eigenvalue weighted by Crippen LogP contribution is 2.22. The lowest BCUT2D eigenvalue weighted by atomic mass is 9.95. The standard InChI is InChI=1S/C17H20N4O4/c22-14(9-13-11-3-1-2-4-12(11)20-21-13)19-15(17(24)25)16(23)10-5-7-18-8-6-10/h5-8,15-16,23H,1-4,9H2,(H,19,22)(H,20,21)(H,24,25). The number of H-pyrrole nitrogens is 1. The van der Waals surface area contributed by atoms with Gasteiger partial charge in [-0.2, -0.15) is 5.10 Å². The first-order valence-corrected chi connectivity index (χ1v) is 8.21. The smallest absolute Gasteiger partial charge is 0.329 e. The number of carbonyl (C=O) groups is 2. The zero-order valence-corrected chi connectivity index (χ0v) is 13.6. The molecule has 2 heterocycles. The van der Waals surface area contributed by atoms with Gasteiger partial charge in [0.2, 0.25) is 5.91 Å². The van der Waals surface area contributed by atoms with Crippen molar-refractivity contribution in [1.82, 2.24) is 20.5 Å². The third-order valence-electron chi connectivity index (χ3n) is 4.42. The fourth-order valence-corrected chi connectivity index (χ4v) is 3.10. The van der Waals surface area contributed by atoms with Gasteiger partial charge in [0.05, 0.1) is 12.1 Å². The van der Waals surface area contributed by atoms with Gasteiger partial charge >= 0.3 is 5.97 Å². The summed E-state index contributed by atoms with van der Waals surface area (Å²) in [5.74, 6) is -1.79. The quantitative estimate of drug-likeness (QED) is 0.605. The Morgan fingerprint density at radius 1 is 1.24 bits per heavy atom. The van der Waals surface area contributed by atoms with Crippen molar-refractivity contribution in [1.29, 1.82) is 0 Å². The molecule has 2 unspecified atom stereocenters. The molecule has 0 radical (unpaired) electrons. The molecule has 25 heavy (non-hydrogen) atoms. The Kier molecular flexibility index (Phi) is 5.08. The summed E-state index contributed by atoms with van der Waals surface area (Å²) < 4.78 is 0. The van der Waals surface area contributed by atoms with Crippen molar-refractivity contribution in [2.24, 2.45) is 0 Å². The molecule has 2 atom stereocenters. The minimum Gasteiger partial charge on any atom is -0.480 e. The van der Waals surface area contributed by atoms with E-state index in [0.29, 0.717) is 11.3 Å². The number of aromatic nitrogens is 3. The van der Waals surface area contributed by atoms with Crippen LogP contribution in [0.4, 0.5) is 0 Å². The van der Waals surface area contributed by atoms with E-state index in [4.69, 9.17) is 0 Å². The number of aryl methyl sites for hydroxylation is 1. The van der Waals surface area contributed by atoms with Gasteiger partial charge in [-0.15, -0.1) is 0 Å². The number of fused-ring (bicyclic) bond motifs is 1. The van der Waals surface area contributed by atoms with E-state index in [1.165, 1.54) is 24.5 Å². The van der Waals surface area contributed by atoms with Crippen LogP contribution in [-0.2, 0) is 28.9 Å². The molecule has 0 aromatic carbocycles. The van der Waals surface area contributed by atoms with Gasteiger partial charge < -0.3 is 15.5 Å². The molecule has 8 heteroatoms. The van der Waals surface area contributed by atoms with Crippen LogP contribution in [0.15, 0.2) is 24.5 Å². The van der Waals surface area contributed by atoms with Crippen LogP contribution in [0.1, 0.15) is 41.5 Å². The predicted molar refractivity (Wildman–Crippen MR) is 87.7 cm³/mol. The number of nitrogens with one attached hydrogen (secondary N) is 2. The van der Waals surface area contributed by atoms with Crippen LogP contribution in [0.25, 0.3) is 0 Å². The average Bonchev–Trinajstić information content (AvgIpc) is 3.03. The van der Waals surface area contributed by atoms with Gasteiger partial charge in [0, 0.05) is 18.1 Å². The summed E-state index contributed by atoms with van der Waals surface area (Å²) in [4.78, 5) is 27.6. The van der Waals surface area contributed by atoms with E-state index < -0.39 is 24.0 Å². The highest BCUT2D eigenvalue weighted by Gasteiger charge is 2.30. The van der Waals surface area contributed by atoms with E-state index in [-0.39, 0.29) is 6.42 Å². The Morgan fingerprint density at radius 3 is 2.68 bits per heavy atom. The highest BCUT2D eigenvalue weighted by atomic mass is 16.4. The maximum Gasteiger partial charge on any atom is 0.329 e. The number of aromatic amines is 1. The van der Waals surface area contributed by atoms with Crippen molar-refractivity contribution in [2.45, 2.75) is 44.2 Å². The zero-order chi connectivity index (χ0) is 17.8. The Morgan fingerprint density at radius 2 is 1.96 bits per heavy atom. The van der Waals surface area contributed by atoms with Crippen molar-refractivity contribution in [3.05, 3.63) is 47.0 Å². The summed E-state index contributed by atoms with van der Waals surface area (Å²) in [6, 6.07) is 1.58. The summed E-state index contributed by atoms with van der Waals surface area (Å²) in [6.07, 6.45) is 5.47. The number of carboxylic acid groups (broad SMARTS) is 1. The minimum atomic E-state index is -1.44. The normalized spacial score (nSPS) is 15.9. The first-order valence-electron chi connectivity index (χ1n) is 8.21. The molecule has 8 nitrogen and oxygen atoms in total. The molecule has 0 saturated heterocycles. The molecule has 3 rings (SSSR count). The fourth-order valence-electron chi connectivity index (χ4n) is 3.10. The second-order valence-corrected chi connectivity index (χ2v) is 6.12. The monoisotopic (exact) mass is 344 g/mol. The van der Waals surface area contributed by atoms with Crippen LogP contribution in [-0.4, -0.2) is 43.3 Å². The van der Waals surface area contributed by atoms with Gasteiger partial charge in [0.25, 0.3) is 0 Å².